The van der Waals surface area contributed by atoms with Crippen LogP contribution in [0.3, 0.4) is 0 Å². The Bertz CT molecular complexity index is 551. The summed E-state index contributed by atoms with van der Waals surface area (Å²) < 4.78 is 5.67. The molecule has 1 N–H and O–H groups in total. The Labute approximate surface area is 118 Å². The highest BCUT2D eigenvalue weighted by Gasteiger charge is 2.11. The lowest BCUT2D eigenvalue weighted by atomic mass is 10.1. The van der Waals surface area contributed by atoms with E-state index in [2.05, 4.69) is 29.4 Å². The smallest absolute Gasteiger partial charge is 0.248 e. The summed E-state index contributed by atoms with van der Waals surface area (Å²) in [5.41, 5.74) is 1.96. The highest BCUT2D eigenvalue weighted by atomic mass is 35.5. The van der Waals surface area contributed by atoms with Crippen LogP contribution in [0.2, 0.25) is 5.02 Å². The highest BCUT2D eigenvalue weighted by molar-refractivity contribution is 6.30. The summed E-state index contributed by atoms with van der Waals surface area (Å²) >= 11 is 5.93. The third kappa shape index (κ3) is 3.78. The van der Waals surface area contributed by atoms with Gasteiger partial charge in [-0.3, -0.25) is 0 Å². The monoisotopic (exact) mass is 279 g/mol. The summed E-state index contributed by atoms with van der Waals surface area (Å²) in [4.78, 5) is 0. The Morgan fingerprint density at radius 1 is 1.32 bits per heavy atom. The number of hydrogen-bond acceptors (Lipinski definition) is 4. The topological polar surface area (TPSA) is 51.0 Å². The number of rotatable bonds is 5. The number of benzene rings is 1. The molecule has 0 fully saturated rings. The zero-order valence-corrected chi connectivity index (χ0v) is 12.2. The van der Waals surface area contributed by atoms with Crippen molar-refractivity contribution in [2.24, 2.45) is 0 Å². The van der Waals surface area contributed by atoms with Gasteiger partial charge in [0.25, 0.3) is 0 Å². The maximum atomic E-state index is 5.93. The number of aryl methyl sites for hydroxylation is 1. The molecular formula is C14H18ClN3O. The lowest BCUT2D eigenvalue weighted by Crippen LogP contribution is -2.25. The Morgan fingerprint density at radius 2 is 2.11 bits per heavy atom. The van der Waals surface area contributed by atoms with E-state index in [1.807, 2.05) is 25.1 Å². The minimum absolute atomic E-state index is 0.459. The van der Waals surface area contributed by atoms with Crippen molar-refractivity contribution in [3.63, 3.8) is 0 Å². The van der Waals surface area contributed by atoms with E-state index in [0.717, 1.165) is 24.1 Å². The van der Waals surface area contributed by atoms with Gasteiger partial charge in [0, 0.05) is 29.6 Å². The molecule has 5 heteroatoms. The van der Waals surface area contributed by atoms with Gasteiger partial charge in [0.2, 0.25) is 11.8 Å². The second-order valence-electron chi connectivity index (χ2n) is 4.82. The van der Waals surface area contributed by atoms with Gasteiger partial charge < -0.3 is 9.73 Å². The van der Waals surface area contributed by atoms with Gasteiger partial charge >= 0.3 is 0 Å². The van der Waals surface area contributed by atoms with Gasteiger partial charge in [0.15, 0.2) is 0 Å². The van der Waals surface area contributed by atoms with Crippen LogP contribution in [0.1, 0.15) is 25.3 Å². The number of nitrogens with zero attached hydrogens (tertiary/aromatic N) is 2. The first kappa shape index (κ1) is 14.0. The highest BCUT2D eigenvalue weighted by Crippen LogP contribution is 2.24. The average molecular weight is 280 g/mol. The van der Waals surface area contributed by atoms with Crippen molar-refractivity contribution >= 4 is 11.6 Å². The van der Waals surface area contributed by atoms with Crippen LogP contribution in [-0.2, 0) is 6.42 Å². The van der Waals surface area contributed by atoms with Gasteiger partial charge in [-0.2, -0.15) is 0 Å². The predicted octanol–water partition coefficient (Wildman–Crippen LogP) is 3.24. The molecule has 19 heavy (non-hydrogen) atoms. The van der Waals surface area contributed by atoms with Crippen molar-refractivity contribution in [1.82, 2.24) is 15.5 Å². The normalized spacial score (nSPS) is 11.2. The number of nitrogens with one attached hydrogen (secondary N) is 1. The fourth-order valence-electron chi connectivity index (χ4n) is 1.80. The lowest BCUT2D eigenvalue weighted by molar-refractivity contribution is 0.484. The van der Waals surface area contributed by atoms with Gasteiger partial charge in [-0.05, 0) is 30.7 Å². The van der Waals surface area contributed by atoms with E-state index in [1.165, 1.54) is 0 Å². The molecule has 0 aliphatic rings. The molecule has 0 radical (unpaired) electrons. The van der Waals surface area contributed by atoms with Crippen molar-refractivity contribution in [1.29, 1.82) is 0 Å². The van der Waals surface area contributed by atoms with Crippen molar-refractivity contribution in [3.05, 3.63) is 34.7 Å². The van der Waals surface area contributed by atoms with E-state index < -0.39 is 0 Å². The molecule has 0 spiro atoms. The van der Waals surface area contributed by atoms with E-state index in [9.17, 15) is 0 Å². The molecule has 0 unspecified atom stereocenters. The van der Waals surface area contributed by atoms with E-state index in [0.29, 0.717) is 22.8 Å². The summed E-state index contributed by atoms with van der Waals surface area (Å²) in [6, 6.07) is 6.08. The van der Waals surface area contributed by atoms with Crippen molar-refractivity contribution in [2.75, 3.05) is 6.54 Å². The largest absolute Gasteiger partial charge is 0.421 e. The van der Waals surface area contributed by atoms with Gasteiger partial charge in [-0.1, -0.05) is 25.4 Å². The summed E-state index contributed by atoms with van der Waals surface area (Å²) in [5, 5.41) is 12.2. The molecule has 4 nitrogen and oxygen atoms in total. The van der Waals surface area contributed by atoms with E-state index in [4.69, 9.17) is 16.0 Å². The van der Waals surface area contributed by atoms with E-state index in [1.54, 1.807) is 0 Å². The first-order valence-electron chi connectivity index (χ1n) is 6.38. The molecule has 0 aliphatic heterocycles. The molecule has 0 bridgehead atoms. The number of hydrogen-bond donors (Lipinski definition) is 1. The van der Waals surface area contributed by atoms with Crippen LogP contribution >= 0.6 is 11.6 Å². The minimum Gasteiger partial charge on any atom is -0.421 e. The number of halogens is 1. The van der Waals surface area contributed by atoms with Crippen LogP contribution in [0.4, 0.5) is 0 Å². The van der Waals surface area contributed by atoms with Crippen LogP contribution in [0.5, 0.6) is 0 Å². The molecule has 1 aromatic carbocycles. The number of aromatic nitrogens is 2. The second kappa shape index (κ2) is 6.17. The van der Waals surface area contributed by atoms with Gasteiger partial charge in [0.05, 0.1) is 0 Å². The maximum Gasteiger partial charge on any atom is 0.248 e. The molecular weight excluding hydrogens is 262 g/mol. The zero-order chi connectivity index (χ0) is 13.8. The third-order valence-electron chi connectivity index (χ3n) is 2.78. The Morgan fingerprint density at radius 3 is 2.79 bits per heavy atom. The standard InChI is InChI=1S/C14H18ClN3O/c1-9(2)16-7-6-13-17-18-14(19-13)12-5-4-11(15)8-10(12)3/h4-5,8-9,16H,6-7H2,1-3H3. The van der Waals surface area contributed by atoms with Gasteiger partial charge in [0.1, 0.15) is 0 Å². The maximum absolute atomic E-state index is 5.93. The predicted molar refractivity (Wildman–Crippen MR) is 76.3 cm³/mol. The fraction of sp³-hybridized carbons (Fsp3) is 0.429. The zero-order valence-electron chi connectivity index (χ0n) is 11.4. The summed E-state index contributed by atoms with van der Waals surface area (Å²) in [6.07, 6.45) is 0.734. The van der Waals surface area contributed by atoms with Crippen LogP contribution in [-0.4, -0.2) is 22.8 Å². The molecule has 2 rings (SSSR count). The quantitative estimate of drug-likeness (QED) is 0.913. The molecule has 0 saturated heterocycles. The minimum atomic E-state index is 0.459. The van der Waals surface area contributed by atoms with E-state index in [-0.39, 0.29) is 0 Å². The Kier molecular flexibility index (Phi) is 4.56. The summed E-state index contributed by atoms with van der Waals surface area (Å²) in [7, 11) is 0. The molecule has 0 amide bonds. The molecule has 2 aromatic rings. The van der Waals surface area contributed by atoms with Crippen molar-refractivity contribution in [2.45, 2.75) is 33.2 Å². The molecule has 0 saturated carbocycles. The Balaban J connectivity index is 2.08. The van der Waals surface area contributed by atoms with Crippen LogP contribution in [0.25, 0.3) is 11.5 Å². The molecule has 1 aromatic heterocycles. The average Bonchev–Trinajstić information content (AvgIpc) is 2.77. The first-order chi connectivity index (χ1) is 9.06. The van der Waals surface area contributed by atoms with Gasteiger partial charge in [-0.25, -0.2) is 0 Å². The fourth-order valence-corrected chi connectivity index (χ4v) is 2.02. The van der Waals surface area contributed by atoms with E-state index >= 15 is 0 Å². The SMILES string of the molecule is Cc1cc(Cl)ccc1-c1nnc(CCNC(C)C)o1. The molecule has 0 atom stereocenters. The molecule has 1 heterocycles. The first-order valence-corrected chi connectivity index (χ1v) is 6.76. The molecule has 0 aliphatic carbocycles. The second-order valence-corrected chi connectivity index (χ2v) is 5.26. The van der Waals surface area contributed by atoms with Gasteiger partial charge in [-0.15, -0.1) is 10.2 Å². The van der Waals surface area contributed by atoms with Crippen molar-refractivity contribution in [3.8, 4) is 11.5 Å². The summed E-state index contributed by atoms with van der Waals surface area (Å²) in [5.74, 6) is 1.20. The lowest BCUT2D eigenvalue weighted by Gasteiger charge is -2.05. The van der Waals surface area contributed by atoms with Crippen LogP contribution < -0.4 is 5.32 Å². The Hall–Kier alpha value is -1.39. The summed E-state index contributed by atoms with van der Waals surface area (Å²) in [6.45, 7) is 7.02. The van der Waals surface area contributed by atoms with Crippen LogP contribution in [0, 0.1) is 6.92 Å². The molecule has 102 valence electrons. The van der Waals surface area contributed by atoms with Crippen LogP contribution in [0.15, 0.2) is 22.6 Å². The third-order valence-corrected chi connectivity index (χ3v) is 3.01. The van der Waals surface area contributed by atoms with Crippen molar-refractivity contribution < 1.29 is 4.42 Å².